The number of nitrogens with two attached hydrogens (primary N) is 1. The highest BCUT2D eigenvalue weighted by atomic mass is 16.5. The summed E-state index contributed by atoms with van der Waals surface area (Å²) < 4.78 is 11.3. The molecule has 2 rings (SSSR count). The molecule has 3 N–H and O–H groups in total. The van der Waals surface area contributed by atoms with Crippen LogP contribution in [-0.4, -0.2) is 29.3 Å². The van der Waals surface area contributed by atoms with Gasteiger partial charge in [-0.2, -0.15) is 4.98 Å². The first-order valence-corrected chi connectivity index (χ1v) is 6.83. The first-order chi connectivity index (χ1) is 9.24. The molecule has 0 bridgehead atoms. The first kappa shape index (κ1) is 14.0. The zero-order valence-electron chi connectivity index (χ0n) is 11.6. The number of hydrogen-bond acceptors (Lipinski definition) is 6. The van der Waals surface area contributed by atoms with Gasteiger partial charge in [-0.1, -0.05) is 6.92 Å². The molecule has 1 aliphatic heterocycles. The number of ether oxygens (including phenoxy) is 2. The van der Waals surface area contributed by atoms with Gasteiger partial charge in [0.2, 0.25) is 5.88 Å². The fourth-order valence-electron chi connectivity index (χ4n) is 2.08. The molecule has 0 aromatic carbocycles. The van der Waals surface area contributed by atoms with Gasteiger partial charge in [-0.05, 0) is 13.3 Å². The minimum atomic E-state index is 0.169. The van der Waals surface area contributed by atoms with E-state index in [1.165, 1.54) is 0 Å². The van der Waals surface area contributed by atoms with Crippen molar-refractivity contribution >= 4 is 5.82 Å². The molecule has 1 aliphatic rings. The van der Waals surface area contributed by atoms with Crippen molar-refractivity contribution < 1.29 is 9.47 Å². The summed E-state index contributed by atoms with van der Waals surface area (Å²) in [7, 11) is 0. The second-order valence-corrected chi connectivity index (χ2v) is 4.74. The van der Waals surface area contributed by atoms with E-state index in [0.717, 1.165) is 50.3 Å². The first-order valence-electron chi connectivity index (χ1n) is 6.83. The molecule has 2 heterocycles. The SMILES string of the molecule is CCCc1nc(NN)c(C)c(OC2CCOCC2)n1. The molecule has 1 fully saturated rings. The van der Waals surface area contributed by atoms with E-state index in [4.69, 9.17) is 15.3 Å². The Hall–Kier alpha value is -1.40. The van der Waals surface area contributed by atoms with E-state index >= 15 is 0 Å². The lowest BCUT2D eigenvalue weighted by molar-refractivity contribution is 0.0233. The molecule has 0 saturated carbocycles. The van der Waals surface area contributed by atoms with Gasteiger partial charge in [-0.3, -0.25) is 0 Å². The fraction of sp³-hybridized carbons (Fsp3) is 0.692. The Kier molecular flexibility index (Phi) is 4.93. The maximum absolute atomic E-state index is 5.99. The Labute approximate surface area is 113 Å². The van der Waals surface area contributed by atoms with Crippen LogP contribution < -0.4 is 16.0 Å². The number of aromatic nitrogens is 2. The molecule has 6 heteroatoms. The molecule has 0 atom stereocenters. The van der Waals surface area contributed by atoms with Crippen LogP contribution in [0.3, 0.4) is 0 Å². The van der Waals surface area contributed by atoms with Gasteiger partial charge < -0.3 is 14.9 Å². The minimum Gasteiger partial charge on any atom is -0.474 e. The molecule has 0 amide bonds. The second-order valence-electron chi connectivity index (χ2n) is 4.74. The van der Waals surface area contributed by atoms with Gasteiger partial charge in [0.1, 0.15) is 17.7 Å². The molecule has 1 aromatic heterocycles. The Morgan fingerprint density at radius 2 is 2.11 bits per heavy atom. The van der Waals surface area contributed by atoms with Crippen LogP contribution in [0.5, 0.6) is 5.88 Å². The largest absolute Gasteiger partial charge is 0.474 e. The predicted molar refractivity (Wildman–Crippen MR) is 73.0 cm³/mol. The van der Waals surface area contributed by atoms with Crippen molar-refractivity contribution in [3.8, 4) is 5.88 Å². The van der Waals surface area contributed by atoms with E-state index in [1.807, 2.05) is 6.92 Å². The topological polar surface area (TPSA) is 82.3 Å². The molecule has 1 saturated heterocycles. The highest BCUT2D eigenvalue weighted by molar-refractivity contribution is 5.47. The van der Waals surface area contributed by atoms with Crippen LogP contribution in [-0.2, 0) is 11.2 Å². The number of nitrogens with zero attached hydrogens (tertiary/aromatic N) is 2. The molecule has 0 unspecified atom stereocenters. The molecule has 106 valence electrons. The number of rotatable bonds is 5. The van der Waals surface area contributed by atoms with Gasteiger partial charge in [-0.15, -0.1) is 0 Å². The maximum Gasteiger partial charge on any atom is 0.222 e. The Balaban J connectivity index is 2.18. The number of nitrogen functional groups attached to an aromatic ring is 1. The van der Waals surface area contributed by atoms with Crippen LogP contribution in [0, 0.1) is 6.92 Å². The summed E-state index contributed by atoms with van der Waals surface area (Å²) in [4.78, 5) is 8.88. The van der Waals surface area contributed by atoms with Crippen molar-refractivity contribution in [3.05, 3.63) is 11.4 Å². The maximum atomic E-state index is 5.99. The summed E-state index contributed by atoms with van der Waals surface area (Å²) in [5.41, 5.74) is 3.47. The quantitative estimate of drug-likeness (QED) is 0.622. The monoisotopic (exact) mass is 266 g/mol. The predicted octanol–water partition coefficient (Wildman–Crippen LogP) is 1.58. The van der Waals surface area contributed by atoms with Crippen molar-refractivity contribution in [2.24, 2.45) is 5.84 Å². The van der Waals surface area contributed by atoms with Crippen molar-refractivity contribution in [1.29, 1.82) is 0 Å². The summed E-state index contributed by atoms with van der Waals surface area (Å²) in [5, 5.41) is 0. The molecule has 0 spiro atoms. The third-order valence-electron chi connectivity index (χ3n) is 3.20. The van der Waals surface area contributed by atoms with E-state index in [-0.39, 0.29) is 6.10 Å². The molecular weight excluding hydrogens is 244 g/mol. The zero-order chi connectivity index (χ0) is 13.7. The van der Waals surface area contributed by atoms with E-state index in [1.54, 1.807) is 0 Å². The van der Waals surface area contributed by atoms with Crippen LogP contribution in [0.1, 0.15) is 37.6 Å². The van der Waals surface area contributed by atoms with Crippen molar-refractivity contribution in [1.82, 2.24) is 9.97 Å². The van der Waals surface area contributed by atoms with E-state index < -0.39 is 0 Å². The van der Waals surface area contributed by atoms with Crippen LogP contribution >= 0.6 is 0 Å². The van der Waals surface area contributed by atoms with Crippen molar-refractivity contribution in [2.75, 3.05) is 18.6 Å². The average Bonchev–Trinajstić information content (AvgIpc) is 2.43. The number of nitrogens with one attached hydrogen (secondary N) is 1. The van der Waals surface area contributed by atoms with E-state index in [2.05, 4.69) is 22.3 Å². The third kappa shape index (κ3) is 3.54. The van der Waals surface area contributed by atoms with Gasteiger partial charge in [0, 0.05) is 19.3 Å². The average molecular weight is 266 g/mol. The van der Waals surface area contributed by atoms with Crippen LogP contribution in [0.15, 0.2) is 0 Å². The van der Waals surface area contributed by atoms with Gasteiger partial charge in [0.25, 0.3) is 0 Å². The Morgan fingerprint density at radius 1 is 1.37 bits per heavy atom. The Morgan fingerprint density at radius 3 is 2.74 bits per heavy atom. The fourth-order valence-corrected chi connectivity index (χ4v) is 2.08. The molecular formula is C13H22N4O2. The summed E-state index contributed by atoms with van der Waals surface area (Å²) in [6.07, 6.45) is 3.78. The van der Waals surface area contributed by atoms with Gasteiger partial charge >= 0.3 is 0 Å². The molecule has 0 aliphatic carbocycles. The van der Waals surface area contributed by atoms with Crippen molar-refractivity contribution in [2.45, 2.75) is 45.6 Å². The summed E-state index contributed by atoms with van der Waals surface area (Å²) in [6, 6.07) is 0. The summed E-state index contributed by atoms with van der Waals surface area (Å²) in [5.74, 6) is 7.55. The number of anilines is 1. The number of hydrogen-bond donors (Lipinski definition) is 2. The molecule has 1 aromatic rings. The normalized spacial score (nSPS) is 16.4. The lowest BCUT2D eigenvalue weighted by Gasteiger charge is -2.24. The molecule has 6 nitrogen and oxygen atoms in total. The lowest BCUT2D eigenvalue weighted by atomic mass is 10.1. The smallest absolute Gasteiger partial charge is 0.222 e. The number of hydrazine groups is 1. The second kappa shape index (κ2) is 6.68. The lowest BCUT2D eigenvalue weighted by Crippen LogP contribution is -2.27. The van der Waals surface area contributed by atoms with E-state index in [9.17, 15) is 0 Å². The highest BCUT2D eigenvalue weighted by Crippen LogP contribution is 2.24. The van der Waals surface area contributed by atoms with E-state index in [0.29, 0.717) is 11.7 Å². The summed E-state index contributed by atoms with van der Waals surface area (Å²) in [6.45, 7) is 5.51. The molecule has 0 radical (unpaired) electrons. The van der Waals surface area contributed by atoms with Crippen molar-refractivity contribution in [3.63, 3.8) is 0 Å². The minimum absolute atomic E-state index is 0.169. The zero-order valence-corrected chi connectivity index (χ0v) is 11.6. The number of aryl methyl sites for hydroxylation is 1. The molecule has 19 heavy (non-hydrogen) atoms. The van der Waals surface area contributed by atoms with Gasteiger partial charge in [-0.25, -0.2) is 10.8 Å². The van der Waals surface area contributed by atoms with Gasteiger partial charge in [0.05, 0.1) is 18.8 Å². The van der Waals surface area contributed by atoms with Crippen LogP contribution in [0.2, 0.25) is 0 Å². The third-order valence-corrected chi connectivity index (χ3v) is 3.20. The Bertz CT molecular complexity index is 419. The highest BCUT2D eigenvalue weighted by Gasteiger charge is 2.19. The van der Waals surface area contributed by atoms with Crippen LogP contribution in [0.25, 0.3) is 0 Å². The van der Waals surface area contributed by atoms with Gasteiger partial charge in [0.15, 0.2) is 0 Å². The standard InChI is InChI=1S/C13H22N4O2/c1-3-4-11-15-12(17-14)9(2)13(16-11)19-10-5-7-18-8-6-10/h10H,3-8,14H2,1-2H3,(H,15,16,17). The van der Waals surface area contributed by atoms with Crippen LogP contribution in [0.4, 0.5) is 5.82 Å². The summed E-state index contributed by atoms with van der Waals surface area (Å²) >= 11 is 0.